The Bertz CT molecular complexity index is 155. The molecule has 2 saturated carbocycles. The van der Waals surface area contributed by atoms with Gasteiger partial charge in [0, 0.05) is 11.8 Å². The number of hydrogen-bond acceptors (Lipinski definition) is 0. The summed E-state index contributed by atoms with van der Waals surface area (Å²) < 4.78 is -1.04. The Morgan fingerprint density at radius 2 is 1.00 bits per heavy atom. The first kappa shape index (κ1) is 7.79. The largest absolute Gasteiger partial charge is 0.122 e. The maximum Gasteiger partial charge on any atom is 0.122 e. The van der Waals surface area contributed by atoms with Crippen LogP contribution in [0.1, 0.15) is 12.8 Å². The number of hydrogen-bond donors (Lipinski definition) is 0. The Kier molecular flexibility index (Phi) is 1.48. The minimum Gasteiger partial charge on any atom is -0.101 e. The summed E-state index contributed by atoms with van der Waals surface area (Å²) in [6, 6.07) is 0. The van der Waals surface area contributed by atoms with Crippen LogP contribution < -0.4 is 0 Å². The maximum absolute atomic E-state index is 5.82. The third kappa shape index (κ3) is 1.14. The molecule has 2 rings (SSSR count). The van der Waals surface area contributed by atoms with Crippen LogP contribution in [-0.4, -0.2) is 8.67 Å². The highest BCUT2D eigenvalue weighted by Crippen LogP contribution is 2.69. The molecule has 2 aliphatic carbocycles. The summed E-state index contributed by atoms with van der Waals surface area (Å²) in [6.07, 6.45) is 1.70. The van der Waals surface area contributed by atoms with Gasteiger partial charge in [0.2, 0.25) is 0 Å². The van der Waals surface area contributed by atoms with Gasteiger partial charge in [0.15, 0.2) is 0 Å². The SMILES string of the molecule is ClC1(Cl)C[C@@H]1[C@H]1CC1(Cl)Cl. The monoisotopic (exact) mass is 218 g/mol. The molecule has 0 N–H and O–H groups in total. The molecule has 2 aliphatic rings. The molecule has 0 nitrogen and oxygen atoms in total. The summed E-state index contributed by atoms with van der Waals surface area (Å²) in [7, 11) is 0. The van der Waals surface area contributed by atoms with E-state index in [1.165, 1.54) is 0 Å². The Balaban J connectivity index is 1.96. The number of rotatable bonds is 1. The molecule has 0 heterocycles. The number of alkyl halides is 4. The predicted molar refractivity (Wildman–Crippen MR) is 45.1 cm³/mol. The topological polar surface area (TPSA) is 0 Å². The lowest BCUT2D eigenvalue weighted by Gasteiger charge is -1.97. The van der Waals surface area contributed by atoms with Crippen molar-refractivity contribution in [1.29, 1.82) is 0 Å². The van der Waals surface area contributed by atoms with E-state index in [-0.39, 0.29) is 0 Å². The van der Waals surface area contributed by atoms with Gasteiger partial charge in [-0.25, -0.2) is 0 Å². The fourth-order valence-corrected chi connectivity index (χ4v) is 2.62. The van der Waals surface area contributed by atoms with E-state index in [9.17, 15) is 0 Å². The van der Waals surface area contributed by atoms with E-state index in [0.717, 1.165) is 12.8 Å². The third-order valence-corrected chi connectivity index (χ3v) is 3.97. The molecule has 0 amide bonds. The molecule has 0 aliphatic heterocycles. The van der Waals surface area contributed by atoms with Gasteiger partial charge in [-0.15, -0.1) is 46.4 Å². The zero-order valence-corrected chi connectivity index (χ0v) is 8.10. The normalized spacial score (nSPS) is 46.8. The molecular weight excluding hydrogens is 214 g/mol. The molecule has 0 aromatic carbocycles. The van der Waals surface area contributed by atoms with Crippen molar-refractivity contribution in [3.8, 4) is 0 Å². The highest BCUT2D eigenvalue weighted by molar-refractivity contribution is 6.53. The molecule has 0 bridgehead atoms. The van der Waals surface area contributed by atoms with E-state index in [2.05, 4.69) is 0 Å². The summed E-state index contributed by atoms with van der Waals surface area (Å²) in [5, 5.41) is 0. The van der Waals surface area contributed by atoms with Crippen LogP contribution in [0, 0.1) is 11.8 Å². The maximum atomic E-state index is 5.82. The lowest BCUT2D eigenvalue weighted by atomic mass is 10.3. The molecule has 2 fully saturated rings. The predicted octanol–water partition coefficient (Wildman–Crippen LogP) is 3.37. The molecule has 0 radical (unpaired) electrons. The smallest absolute Gasteiger partial charge is 0.101 e. The van der Waals surface area contributed by atoms with Gasteiger partial charge < -0.3 is 0 Å². The zero-order valence-electron chi connectivity index (χ0n) is 5.08. The minimum atomic E-state index is -0.518. The van der Waals surface area contributed by atoms with E-state index in [4.69, 9.17) is 46.4 Å². The van der Waals surface area contributed by atoms with Crippen molar-refractivity contribution >= 4 is 46.4 Å². The van der Waals surface area contributed by atoms with Crippen LogP contribution in [-0.2, 0) is 0 Å². The van der Waals surface area contributed by atoms with Crippen molar-refractivity contribution in [1.82, 2.24) is 0 Å². The van der Waals surface area contributed by atoms with Crippen molar-refractivity contribution in [2.75, 3.05) is 0 Å². The van der Waals surface area contributed by atoms with Crippen LogP contribution in [0.15, 0.2) is 0 Å². The van der Waals surface area contributed by atoms with E-state index < -0.39 is 8.67 Å². The first-order valence-corrected chi connectivity index (χ1v) is 4.70. The van der Waals surface area contributed by atoms with Crippen molar-refractivity contribution in [2.24, 2.45) is 11.8 Å². The van der Waals surface area contributed by atoms with Gasteiger partial charge in [-0.3, -0.25) is 0 Å². The fourth-order valence-electron chi connectivity index (χ4n) is 1.34. The average molecular weight is 220 g/mol. The highest BCUT2D eigenvalue weighted by atomic mass is 35.5. The highest BCUT2D eigenvalue weighted by Gasteiger charge is 2.67. The van der Waals surface area contributed by atoms with E-state index >= 15 is 0 Å². The molecule has 0 saturated heterocycles. The number of halogens is 4. The van der Waals surface area contributed by atoms with E-state index in [0.29, 0.717) is 11.8 Å². The summed E-state index contributed by atoms with van der Waals surface area (Å²) in [5.41, 5.74) is 0. The molecule has 58 valence electrons. The third-order valence-electron chi connectivity index (χ3n) is 2.23. The first-order chi connectivity index (χ1) is 4.43. The summed E-state index contributed by atoms with van der Waals surface area (Å²) in [5.74, 6) is 0.677. The van der Waals surface area contributed by atoms with Crippen molar-refractivity contribution < 1.29 is 0 Å². The Morgan fingerprint density at radius 1 is 0.800 bits per heavy atom. The minimum absolute atomic E-state index is 0.339. The van der Waals surface area contributed by atoms with Gasteiger partial charge in [0.05, 0.1) is 0 Å². The van der Waals surface area contributed by atoms with Crippen LogP contribution in [0.2, 0.25) is 0 Å². The van der Waals surface area contributed by atoms with Crippen molar-refractivity contribution in [3.63, 3.8) is 0 Å². The molecule has 2 atom stereocenters. The molecular formula is C6H6Cl4. The van der Waals surface area contributed by atoms with Gasteiger partial charge in [0.25, 0.3) is 0 Å². The summed E-state index contributed by atoms with van der Waals surface area (Å²) >= 11 is 23.3. The standard InChI is InChI=1S/C6H6Cl4/c7-5(8)1-3(5)4-2-6(4,9)10/h3-4H,1-2H2/t3-,4-/m1/s1. The van der Waals surface area contributed by atoms with Gasteiger partial charge in [0.1, 0.15) is 8.67 Å². The molecule has 0 aromatic rings. The van der Waals surface area contributed by atoms with E-state index in [1.807, 2.05) is 0 Å². The van der Waals surface area contributed by atoms with Crippen LogP contribution in [0.4, 0.5) is 0 Å². The fraction of sp³-hybridized carbons (Fsp3) is 1.00. The Labute approximate surface area is 79.8 Å². The zero-order chi connectivity index (χ0) is 7.57. The Hall–Kier alpha value is 1.16. The van der Waals surface area contributed by atoms with Crippen LogP contribution in [0.3, 0.4) is 0 Å². The quantitative estimate of drug-likeness (QED) is 0.594. The molecule has 0 aromatic heterocycles. The Morgan fingerprint density at radius 3 is 1.10 bits per heavy atom. The second kappa shape index (κ2) is 1.90. The average Bonchev–Trinajstić information content (AvgIpc) is 2.49. The summed E-state index contributed by atoms with van der Waals surface area (Å²) in [6.45, 7) is 0. The molecule has 4 heteroatoms. The second-order valence-electron chi connectivity index (χ2n) is 3.14. The lowest BCUT2D eigenvalue weighted by Crippen LogP contribution is -1.98. The van der Waals surface area contributed by atoms with Gasteiger partial charge >= 0.3 is 0 Å². The van der Waals surface area contributed by atoms with Crippen LogP contribution in [0.25, 0.3) is 0 Å². The van der Waals surface area contributed by atoms with Gasteiger partial charge in [-0.05, 0) is 12.8 Å². The van der Waals surface area contributed by atoms with Gasteiger partial charge in [-0.1, -0.05) is 0 Å². The van der Waals surface area contributed by atoms with Crippen molar-refractivity contribution in [2.45, 2.75) is 21.5 Å². The second-order valence-corrected chi connectivity index (χ2v) is 6.23. The van der Waals surface area contributed by atoms with Crippen molar-refractivity contribution in [3.05, 3.63) is 0 Å². The van der Waals surface area contributed by atoms with Gasteiger partial charge in [-0.2, -0.15) is 0 Å². The summed E-state index contributed by atoms with van der Waals surface area (Å²) in [4.78, 5) is 0. The van der Waals surface area contributed by atoms with E-state index in [1.54, 1.807) is 0 Å². The molecule has 0 unspecified atom stereocenters. The molecule has 0 spiro atoms. The molecule has 10 heavy (non-hydrogen) atoms. The lowest BCUT2D eigenvalue weighted by molar-refractivity contribution is 0.698. The van der Waals surface area contributed by atoms with Crippen LogP contribution in [0.5, 0.6) is 0 Å². The van der Waals surface area contributed by atoms with Crippen LogP contribution >= 0.6 is 46.4 Å². The first-order valence-electron chi connectivity index (χ1n) is 3.19.